The SMILES string of the molecule is Cc1ccc(OCC(=O)NCc2cc3ccccn3n2)cc1. The van der Waals surface area contributed by atoms with Crippen LogP contribution in [0.2, 0.25) is 0 Å². The molecule has 112 valence electrons. The predicted octanol–water partition coefficient (Wildman–Crippen LogP) is 2.34. The Labute approximate surface area is 128 Å². The van der Waals surface area contributed by atoms with Gasteiger partial charge in [-0.1, -0.05) is 23.8 Å². The van der Waals surface area contributed by atoms with Gasteiger partial charge in [-0.3, -0.25) is 4.79 Å². The second-order valence-electron chi connectivity index (χ2n) is 5.08. The highest BCUT2D eigenvalue weighted by Crippen LogP contribution is 2.11. The van der Waals surface area contributed by atoms with Gasteiger partial charge in [0.2, 0.25) is 0 Å². The Morgan fingerprint density at radius 3 is 2.82 bits per heavy atom. The van der Waals surface area contributed by atoms with Crippen molar-refractivity contribution in [2.45, 2.75) is 13.5 Å². The molecule has 3 rings (SSSR count). The summed E-state index contributed by atoms with van der Waals surface area (Å²) in [4.78, 5) is 11.8. The Bertz CT molecular complexity index is 745. The maximum atomic E-state index is 11.8. The highest BCUT2D eigenvalue weighted by atomic mass is 16.5. The summed E-state index contributed by atoms with van der Waals surface area (Å²) in [5.41, 5.74) is 2.97. The van der Waals surface area contributed by atoms with Crippen LogP contribution in [0.4, 0.5) is 0 Å². The zero-order valence-electron chi connectivity index (χ0n) is 12.3. The largest absolute Gasteiger partial charge is 0.484 e. The molecule has 0 spiro atoms. The quantitative estimate of drug-likeness (QED) is 0.786. The fraction of sp³-hybridized carbons (Fsp3) is 0.176. The molecule has 0 unspecified atom stereocenters. The molecule has 0 aliphatic rings. The van der Waals surface area contributed by atoms with Gasteiger partial charge >= 0.3 is 0 Å². The second-order valence-corrected chi connectivity index (χ2v) is 5.08. The minimum Gasteiger partial charge on any atom is -0.484 e. The molecule has 2 heterocycles. The number of ether oxygens (including phenoxy) is 1. The number of nitrogens with one attached hydrogen (secondary N) is 1. The van der Waals surface area contributed by atoms with Crippen LogP contribution < -0.4 is 10.1 Å². The first-order valence-corrected chi connectivity index (χ1v) is 7.10. The first-order chi connectivity index (χ1) is 10.7. The van der Waals surface area contributed by atoms with Crippen molar-refractivity contribution in [1.82, 2.24) is 14.9 Å². The number of fused-ring (bicyclic) bond motifs is 1. The van der Waals surface area contributed by atoms with Gasteiger partial charge in [-0.05, 0) is 37.3 Å². The van der Waals surface area contributed by atoms with E-state index in [1.165, 1.54) is 0 Å². The molecule has 5 nitrogen and oxygen atoms in total. The molecule has 1 amide bonds. The molecule has 0 aliphatic carbocycles. The van der Waals surface area contributed by atoms with Gasteiger partial charge in [-0.15, -0.1) is 0 Å². The average molecular weight is 295 g/mol. The number of nitrogens with zero attached hydrogens (tertiary/aromatic N) is 2. The Kier molecular flexibility index (Phi) is 4.05. The van der Waals surface area contributed by atoms with E-state index < -0.39 is 0 Å². The zero-order valence-corrected chi connectivity index (χ0v) is 12.3. The molecule has 3 aromatic rings. The van der Waals surface area contributed by atoms with Gasteiger partial charge in [-0.25, -0.2) is 4.52 Å². The number of rotatable bonds is 5. The highest BCUT2D eigenvalue weighted by Gasteiger charge is 2.05. The Morgan fingerprint density at radius 2 is 2.05 bits per heavy atom. The van der Waals surface area contributed by atoms with Crippen molar-refractivity contribution < 1.29 is 9.53 Å². The molecule has 0 aliphatic heterocycles. The Balaban J connectivity index is 1.50. The van der Waals surface area contributed by atoms with Crippen molar-refractivity contribution in [3.05, 3.63) is 66.0 Å². The smallest absolute Gasteiger partial charge is 0.258 e. The van der Waals surface area contributed by atoms with Crippen molar-refractivity contribution in [2.24, 2.45) is 0 Å². The average Bonchev–Trinajstić information content (AvgIpc) is 2.95. The number of aromatic nitrogens is 2. The van der Waals surface area contributed by atoms with E-state index in [4.69, 9.17) is 4.74 Å². The maximum absolute atomic E-state index is 11.8. The number of aryl methyl sites for hydroxylation is 1. The lowest BCUT2D eigenvalue weighted by atomic mass is 10.2. The van der Waals surface area contributed by atoms with Crippen LogP contribution in [0, 0.1) is 6.92 Å². The Morgan fingerprint density at radius 1 is 1.23 bits per heavy atom. The summed E-state index contributed by atoms with van der Waals surface area (Å²) >= 11 is 0. The molecule has 0 atom stereocenters. The van der Waals surface area contributed by atoms with Crippen molar-refractivity contribution in [3.63, 3.8) is 0 Å². The van der Waals surface area contributed by atoms with Gasteiger partial charge in [0.05, 0.1) is 17.8 Å². The fourth-order valence-electron chi connectivity index (χ4n) is 2.10. The second kappa shape index (κ2) is 6.30. The van der Waals surface area contributed by atoms with E-state index in [1.807, 2.05) is 61.7 Å². The lowest BCUT2D eigenvalue weighted by Gasteiger charge is -2.06. The normalized spacial score (nSPS) is 10.6. The summed E-state index contributed by atoms with van der Waals surface area (Å²) in [5, 5.41) is 7.18. The van der Waals surface area contributed by atoms with E-state index in [0.717, 1.165) is 16.8 Å². The van der Waals surface area contributed by atoms with Crippen LogP contribution >= 0.6 is 0 Å². The summed E-state index contributed by atoms with van der Waals surface area (Å²) in [6, 6.07) is 15.4. The molecule has 0 radical (unpaired) electrons. The molecule has 22 heavy (non-hydrogen) atoms. The van der Waals surface area contributed by atoms with Crippen molar-refractivity contribution >= 4 is 11.4 Å². The lowest BCUT2D eigenvalue weighted by molar-refractivity contribution is -0.123. The monoisotopic (exact) mass is 295 g/mol. The van der Waals surface area contributed by atoms with Crippen LogP contribution in [0.3, 0.4) is 0 Å². The molecule has 0 saturated carbocycles. The first-order valence-electron chi connectivity index (χ1n) is 7.10. The van der Waals surface area contributed by atoms with E-state index in [1.54, 1.807) is 4.52 Å². The first kappa shape index (κ1) is 14.1. The summed E-state index contributed by atoms with van der Waals surface area (Å²) < 4.78 is 7.21. The molecule has 2 aromatic heterocycles. The number of carbonyl (C=O) groups excluding carboxylic acids is 1. The molecule has 1 aromatic carbocycles. The van der Waals surface area contributed by atoms with E-state index in [2.05, 4.69) is 10.4 Å². The summed E-state index contributed by atoms with van der Waals surface area (Å²) in [5.74, 6) is 0.520. The van der Waals surface area contributed by atoms with Crippen LogP contribution in [0.15, 0.2) is 54.7 Å². The van der Waals surface area contributed by atoms with Crippen LogP contribution in [-0.4, -0.2) is 22.1 Å². The molecular weight excluding hydrogens is 278 g/mol. The van der Waals surface area contributed by atoms with Crippen molar-refractivity contribution in [2.75, 3.05) is 6.61 Å². The third kappa shape index (κ3) is 3.44. The number of hydrogen-bond acceptors (Lipinski definition) is 3. The lowest BCUT2D eigenvalue weighted by Crippen LogP contribution is -2.28. The summed E-state index contributed by atoms with van der Waals surface area (Å²) in [7, 11) is 0. The molecule has 5 heteroatoms. The molecule has 0 fully saturated rings. The molecule has 0 bridgehead atoms. The Hall–Kier alpha value is -2.82. The number of carbonyl (C=O) groups is 1. The van der Waals surface area contributed by atoms with Crippen LogP contribution in [-0.2, 0) is 11.3 Å². The van der Waals surface area contributed by atoms with Gasteiger partial charge < -0.3 is 10.1 Å². The van der Waals surface area contributed by atoms with Crippen LogP contribution in [0.5, 0.6) is 5.75 Å². The number of amides is 1. The van der Waals surface area contributed by atoms with E-state index >= 15 is 0 Å². The zero-order chi connectivity index (χ0) is 15.4. The van der Waals surface area contributed by atoms with Gasteiger partial charge in [0.1, 0.15) is 5.75 Å². The van der Waals surface area contributed by atoms with Crippen LogP contribution in [0.25, 0.3) is 5.52 Å². The highest BCUT2D eigenvalue weighted by molar-refractivity contribution is 5.77. The minimum absolute atomic E-state index is 0.00354. The van der Waals surface area contributed by atoms with Gasteiger partial charge in [-0.2, -0.15) is 5.10 Å². The van der Waals surface area contributed by atoms with E-state index in [9.17, 15) is 4.79 Å². The number of pyridine rings is 1. The third-order valence-corrected chi connectivity index (χ3v) is 3.28. The van der Waals surface area contributed by atoms with Gasteiger partial charge in [0.15, 0.2) is 6.61 Å². The predicted molar refractivity (Wildman–Crippen MR) is 83.7 cm³/mol. The molecule has 0 saturated heterocycles. The number of benzene rings is 1. The van der Waals surface area contributed by atoms with Gasteiger partial charge in [0, 0.05) is 6.20 Å². The van der Waals surface area contributed by atoms with E-state index in [0.29, 0.717) is 12.3 Å². The summed E-state index contributed by atoms with van der Waals surface area (Å²) in [6.45, 7) is 2.39. The van der Waals surface area contributed by atoms with E-state index in [-0.39, 0.29) is 12.5 Å². The standard InChI is InChI=1S/C17H17N3O2/c1-13-5-7-16(8-6-13)22-12-17(21)18-11-14-10-15-4-2-3-9-20(15)19-14/h2-10H,11-12H2,1H3,(H,18,21). The van der Waals surface area contributed by atoms with Crippen molar-refractivity contribution in [3.8, 4) is 5.75 Å². The topological polar surface area (TPSA) is 55.6 Å². The molecule has 1 N–H and O–H groups in total. The summed E-state index contributed by atoms with van der Waals surface area (Å²) in [6.07, 6.45) is 1.88. The van der Waals surface area contributed by atoms with Crippen LogP contribution in [0.1, 0.15) is 11.3 Å². The molecular formula is C17H17N3O2. The minimum atomic E-state index is -0.169. The fourth-order valence-corrected chi connectivity index (χ4v) is 2.10. The maximum Gasteiger partial charge on any atom is 0.258 e. The van der Waals surface area contributed by atoms with Crippen molar-refractivity contribution in [1.29, 1.82) is 0 Å². The van der Waals surface area contributed by atoms with Gasteiger partial charge in [0.25, 0.3) is 5.91 Å². The third-order valence-electron chi connectivity index (χ3n) is 3.28. The number of hydrogen-bond donors (Lipinski definition) is 1.